The van der Waals surface area contributed by atoms with Crippen molar-refractivity contribution in [1.82, 2.24) is 9.55 Å². The van der Waals surface area contributed by atoms with Crippen LogP contribution in [0.25, 0.3) is 0 Å². The van der Waals surface area contributed by atoms with Crippen LogP contribution in [-0.2, 0) is 15.3 Å². The molecule has 1 aliphatic heterocycles. The Kier molecular flexibility index (Phi) is 12.9. The van der Waals surface area contributed by atoms with Gasteiger partial charge >= 0.3 is 0 Å². The van der Waals surface area contributed by atoms with Crippen LogP contribution in [0, 0.1) is 11.8 Å². The minimum absolute atomic E-state index is 0.119. The van der Waals surface area contributed by atoms with E-state index in [2.05, 4.69) is 148 Å². The van der Waals surface area contributed by atoms with E-state index in [0.717, 1.165) is 28.9 Å². The Morgan fingerprint density at radius 2 is 1.45 bits per heavy atom. The summed E-state index contributed by atoms with van der Waals surface area (Å²) in [6.45, 7) is 37.9. The molecule has 0 spiro atoms. The van der Waals surface area contributed by atoms with Crippen LogP contribution >= 0.6 is 22.6 Å². The van der Waals surface area contributed by atoms with E-state index in [1.165, 1.54) is 0 Å². The quantitative estimate of drug-likeness (QED) is 0.0661. The molecule has 0 bridgehead atoms. The lowest BCUT2D eigenvalue weighted by atomic mass is 10.2. The van der Waals surface area contributed by atoms with Gasteiger partial charge in [0.2, 0.25) is 5.89 Å². The van der Waals surface area contributed by atoms with E-state index < -0.39 is 24.9 Å². The van der Waals surface area contributed by atoms with Crippen LogP contribution in [0.1, 0.15) is 107 Å². The first-order chi connectivity index (χ1) is 19.0. The fraction of sp³-hybridized carbons (Fsp3) is 0.848. The maximum Gasteiger partial charge on any atom is 0.212 e. The smallest absolute Gasteiger partial charge is 0.212 e. The molecule has 0 radical (unpaired) electrons. The number of aryl methyl sites for hydroxylation is 1. The standard InChI is InChI=1S/C33H63IN2O3Si3/c1-24(2)42(25(3)4,26(5)6)36-29(22-34)30(36)31-35-23-28(38-31)20-19-27(39-41(15,16)33(10,11)12)18-17-21-37-40(13,14)32(7,8)9/h23-27,29-30H,19-22H2,1-16H3/t27?,29-,30-,36?/m0/s1. The average Bonchev–Trinajstić information content (AvgIpc) is 3.34. The van der Waals surface area contributed by atoms with Crippen LogP contribution < -0.4 is 0 Å². The molecule has 242 valence electrons. The molecule has 5 nitrogen and oxygen atoms in total. The highest BCUT2D eigenvalue weighted by Gasteiger charge is 2.64. The lowest BCUT2D eigenvalue weighted by Gasteiger charge is -2.45. The Morgan fingerprint density at radius 3 is 1.90 bits per heavy atom. The van der Waals surface area contributed by atoms with Crippen molar-refractivity contribution in [3.63, 3.8) is 0 Å². The van der Waals surface area contributed by atoms with Gasteiger partial charge in [-0.3, -0.25) is 0 Å². The summed E-state index contributed by atoms with van der Waals surface area (Å²) in [4.78, 5) is 4.86. The van der Waals surface area contributed by atoms with Crippen LogP contribution in [0.4, 0.5) is 0 Å². The summed E-state index contributed by atoms with van der Waals surface area (Å²) in [5.41, 5.74) is 2.03. The van der Waals surface area contributed by atoms with Gasteiger partial charge in [0.25, 0.3) is 0 Å². The van der Waals surface area contributed by atoms with Crippen molar-refractivity contribution in [3.8, 4) is 11.8 Å². The lowest BCUT2D eigenvalue weighted by molar-refractivity contribution is 0.220. The highest BCUT2D eigenvalue weighted by Crippen LogP contribution is 2.57. The summed E-state index contributed by atoms with van der Waals surface area (Å²) >= 11 is 2.56. The monoisotopic (exact) mass is 746 g/mol. The van der Waals surface area contributed by atoms with Crippen molar-refractivity contribution in [2.24, 2.45) is 0 Å². The Hall–Kier alpha value is 0.0306. The molecule has 2 heterocycles. The molecule has 0 aliphatic carbocycles. The predicted octanol–water partition coefficient (Wildman–Crippen LogP) is 10.4. The van der Waals surface area contributed by atoms with E-state index in [-0.39, 0.29) is 16.2 Å². The fourth-order valence-electron chi connectivity index (χ4n) is 6.27. The van der Waals surface area contributed by atoms with Crippen molar-refractivity contribution in [1.29, 1.82) is 0 Å². The van der Waals surface area contributed by atoms with Crippen LogP contribution in [0.3, 0.4) is 0 Å². The van der Waals surface area contributed by atoms with Gasteiger partial charge in [0.15, 0.2) is 16.6 Å². The molecule has 1 saturated heterocycles. The Morgan fingerprint density at radius 1 is 0.929 bits per heavy atom. The SMILES string of the molecule is CC(C)[Si](C(C)C)(C(C)C)N1[C@H](c2ncc(CCC(C#CCO[Si](C)(C)C(C)(C)C)O[Si](C)(C)C(C)(C)C)o2)[C@@H]1CI. The summed E-state index contributed by atoms with van der Waals surface area (Å²) in [6.07, 6.45) is 3.37. The molecule has 2 unspecified atom stereocenters. The molecule has 1 fully saturated rings. The zero-order valence-corrected chi connectivity index (χ0v) is 35.0. The highest BCUT2D eigenvalue weighted by atomic mass is 127. The first-order valence-corrected chi connectivity index (χ1v) is 25.7. The number of aromatic nitrogens is 1. The van der Waals surface area contributed by atoms with E-state index in [0.29, 0.717) is 35.3 Å². The van der Waals surface area contributed by atoms with E-state index in [9.17, 15) is 0 Å². The van der Waals surface area contributed by atoms with Crippen molar-refractivity contribution >= 4 is 47.5 Å². The molecule has 0 aromatic carbocycles. The van der Waals surface area contributed by atoms with Gasteiger partial charge in [-0.2, -0.15) is 0 Å². The zero-order valence-electron chi connectivity index (χ0n) is 29.9. The average molecular weight is 747 g/mol. The molecule has 4 atom stereocenters. The Bertz CT molecular complexity index is 1050. The van der Waals surface area contributed by atoms with Crippen molar-refractivity contribution < 1.29 is 13.3 Å². The van der Waals surface area contributed by atoms with Crippen molar-refractivity contribution in [2.75, 3.05) is 11.0 Å². The number of alkyl halides is 1. The largest absolute Gasteiger partial charge is 0.444 e. The predicted molar refractivity (Wildman–Crippen MR) is 196 cm³/mol. The van der Waals surface area contributed by atoms with Gasteiger partial charge < -0.3 is 17.8 Å². The third kappa shape index (κ3) is 8.43. The van der Waals surface area contributed by atoms with Gasteiger partial charge in [0.1, 0.15) is 20.1 Å². The molecular weight excluding hydrogens is 684 g/mol. The van der Waals surface area contributed by atoms with Gasteiger partial charge in [-0.15, -0.1) is 0 Å². The number of halogens is 1. The molecule has 1 aromatic heterocycles. The molecule has 1 aromatic rings. The molecule has 42 heavy (non-hydrogen) atoms. The maximum absolute atomic E-state index is 6.82. The van der Waals surface area contributed by atoms with E-state index in [4.69, 9.17) is 18.3 Å². The Balaban J connectivity index is 2.23. The van der Waals surface area contributed by atoms with Gasteiger partial charge in [0.05, 0.1) is 18.8 Å². The summed E-state index contributed by atoms with van der Waals surface area (Å²) in [7, 11) is -5.59. The first kappa shape index (κ1) is 38.2. The number of rotatable bonds is 13. The summed E-state index contributed by atoms with van der Waals surface area (Å²) in [6, 6.07) is 0.832. The molecule has 0 saturated carbocycles. The second-order valence-electron chi connectivity index (χ2n) is 16.4. The van der Waals surface area contributed by atoms with Crippen molar-refractivity contribution in [3.05, 3.63) is 17.8 Å². The van der Waals surface area contributed by atoms with E-state index in [1.54, 1.807) is 0 Å². The fourth-order valence-corrected chi connectivity index (χ4v) is 17.0. The minimum Gasteiger partial charge on any atom is -0.444 e. The van der Waals surface area contributed by atoms with Gasteiger partial charge in [-0.05, 0) is 59.3 Å². The number of hydrogen-bond acceptors (Lipinski definition) is 5. The van der Waals surface area contributed by atoms with Crippen LogP contribution in [0.5, 0.6) is 0 Å². The van der Waals surface area contributed by atoms with Gasteiger partial charge in [0, 0.05) is 16.9 Å². The minimum atomic E-state index is -2.00. The normalized spacial score (nSPS) is 21.2. The summed E-state index contributed by atoms with van der Waals surface area (Å²) in [5.74, 6) is 8.64. The number of oxazole rings is 1. The highest BCUT2D eigenvalue weighted by molar-refractivity contribution is 14.1. The molecule has 0 N–H and O–H groups in total. The molecule has 1 aliphatic rings. The third-order valence-electron chi connectivity index (χ3n) is 10.6. The maximum atomic E-state index is 6.82. The van der Waals surface area contributed by atoms with Crippen LogP contribution in [0.2, 0.25) is 52.9 Å². The first-order valence-electron chi connectivity index (χ1n) is 16.1. The third-order valence-corrected chi connectivity index (χ3v) is 27.5. The van der Waals surface area contributed by atoms with Gasteiger partial charge in [-0.1, -0.05) is 118 Å². The van der Waals surface area contributed by atoms with E-state index >= 15 is 0 Å². The van der Waals surface area contributed by atoms with E-state index in [1.807, 2.05) is 6.20 Å². The number of hydrogen-bond donors (Lipinski definition) is 0. The lowest BCUT2D eigenvalue weighted by Crippen LogP contribution is -2.53. The molecule has 0 amide bonds. The molecule has 2 rings (SSSR count). The molecular formula is C33H63IN2O3Si3. The van der Waals surface area contributed by atoms with Crippen LogP contribution in [0.15, 0.2) is 10.6 Å². The summed E-state index contributed by atoms with van der Waals surface area (Å²) < 4.78 is 23.6. The molecule has 9 heteroatoms. The second-order valence-corrected chi connectivity index (χ2v) is 32.6. The van der Waals surface area contributed by atoms with Gasteiger partial charge in [-0.25, -0.2) is 4.98 Å². The zero-order chi connectivity index (χ0) is 32.5. The summed E-state index contributed by atoms with van der Waals surface area (Å²) in [5, 5.41) is 0.290. The Labute approximate surface area is 276 Å². The topological polar surface area (TPSA) is 47.5 Å². The number of nitrogens with zero attached hydrogens (tertiary/aromatic N) is 2. The van der Waals surface area contributed by atoms with Crippen molar-refractivity contribution in [2.45, 2.75) is 167 Å². The second kappa shape index (κ2) is 14.2. The van der Waals surface area contributed by atoms with Crippen LogP contribution in [-0.4, -0.2) is 57.6 Å².